The Balaban J connectivity index is 2.51. The van der Waals surface area contributed by atoms with E-state index in [1.165, 1.54) is 0 Å². The SMILES string of the molecule is Oc1c(O)c(O)c2c(=[OH+])c(O)c(-c3ccccc3)oc2c1O. The number of phenolic OH excluding ortho intramolecular Hbond substituents is 4. The lowest BCUT2D eigenvalue weighted by atomic mass is 10.1. The Morgan fingerprint density at radius 2 is 1.32 bits per heavy atom. The molecule has 0 amide bonds. The van der Waals surface area contributed by atoms with Gasteiger partial charge in [0.1, 0.15) is 0 Å². The number of benzene rings is 2. The second-order valence-electron chi connectivity index (χ2n) is 4.59. The van der Waals surface area contributed by atoms with Crippen molar-refractivity contribution in [1.29, 1.82) is 0 Å². The van der Waals surface area contributed by atoms with Crippen LogP contribution in [0.1, 0.15) is 0 Å². The van der Waals surface area contributed by atoms with Crippen LogP contribution in [0.5, 0.6) is 28.7 Å². The minimum Gasteiger partial charge on any atom is -0.503 e. The van der Waals surface area contributed by atoms with Gasteiger partial charge in [-0.3, -0.25) is 4.79 Å². The van der Waals surface area contributed by atoms with Gasteiger partial charge in [-0.15, -0.1) is 0 Å². The molecule has 0 unspecified atom stereocenters. The lowest BCUT2D eigenvalue weighted by Crippen LogP contribution is -2.05. The van der Waals surface area contributed by atoms with Crippen LogP contribution in [0, 0.1) is 0 Å². The molecule has 1 heterocycles. The van der Waals surface area contributed by atoms with Crippen LogP contribution in [0.15, 0.2) is 34.7 Å². The molecule has 0 fully saturated rings. The highest BCUT2D eigenvalue weighted by Crippen LogP contribution is 2.48. The summed E-state index contributed by atoms with van der Waals surface area (Å²) in [6.07, 6.45) is 0. The number of aromatic hydroxyl groups is 5. The molecule has 3 rings (SSSR count). The first kappa shape index (κ1) is 13.6. The number of fused-ring (bicyclic) bond motifs is 1. The van der Waals surface area contributed by atoms with Crippen LogP contribution in [0.4, 0.5) is 0 Å². The molecule has 1 aromatic heterocycles. The molecule has 0 saturated heterocycles. The third-order valence-electron chi connectivity index (χ3n) is 3.27. The van der Waals surface area contributed by atoms with Gasteiger partial charge in [0, 0.05) is 5.56 Å². The highest BCUT2D eigenvalue weighted by molar-refractivity contribution is 5.95. The van der Waals surface area contributed by atoms with E-state index in [0.29, 0.717) is 5.56 Å². The molecule has 6 N–H and O–H groups in total. The summed E-state index contributed by atoms with van der Waals surface area (Å²) in [5.74, 6) is -4.71. The van der Waals surface area contributed by atoms with E-state index in [4.69, 9.17) is 4.42 Å². The van der Waals surface area contributed by atoms with Gasteiger partial charge in [-0.05, 0) is 0 Å². The summed E-state index contributed by atoms with van der Waals surface area (Å²) < 4.78 is 5.32. The average molecular weight is 303 g/mol. The Morgan fingerprint density at radius 1 is 0.727 bits per heavy atom. The van der Waals surface area contributed by atoms with E-state index in [1.807, 2.05) is 0 Å². The average Bonchev–Trinajstić information content (AvgIpc) is 2.54. The topological polar surface area (TPSA) is 136 Å². The lowest BCUT2D eigenvalue weighted by Gasteiger charge is -2.08. The molecule has 3 aromatic rings. The van der Waals surface area contributed by atoms with E-state index in [1.54, 1.807) is 30.3 Å². The highest BCUT2D eigenvalue weighted by atomic mass is 16.4. The summed E-state index contributed by atoms with van der Waals surface area (Å²) in [7, 11) is 0. The summed E-state index contributed by atoms with van der Waals surface area (Å²) in [5, 5.41) is 48.2. The van der Waals surface area contributed by atoms with E-state index in [-0.39, 0.29) is 5.76 Å². The Kier molecular flexibility index (Phi) is 2.84. The fourth-order valence-electron chi connectivity index (χ4n) is 2.16. The van der Waals surface area contributed by atoms with Crippen LogP contribution in [-0.2, 0) is 0 Å². The third-order valence-corrected chi connectivity index (χ3v) is 3.27. The Morgan fingerprint density at radius 3 is 1.95 bits per heavy atom. The first-order valence-corrected chi connectivity index (χ1v) is 6.16. The van der Waals surface area contributed by atoms with E-state index in [0.717, 1.165) is 0 Å². The minimum atomic E-state index is -1.04. The van der Waals surface area contributed by atoms with Gasteiger partial charge in [-0.25, -0.2) is 0 Å². The van der Waals surface area contributed by atoms with Gasteiger partial charge in [-0.1, -0.05) is 30.3 Å². The molecule has 22 heavy (non-hydrogen) atoms. The Hall–Kier alpha value is -3.35. The molecule has 7 nitrogen and oxygen atoms in total. The van der Waals surface area contributed by atoms with Crippen molar-refractivity contribution in [3.63, 3.8) is 0 Å². The first-order valence-electron chi connectivity index (χ1n) is 6.16. The third kappa shape index (κ3) is 1.72. The van der Waals surface area contributed by atoms with Crippen LogP contribution in [0.25, 0.3) is 22.3 Å². The zero-order chi connectivity index (χ0) is 16.0. The molecule has 0 aliphatic carbocycles. The zero-order valence-corrected chi connectivity index (χ0v) is 11.0. The van der Waals surface area contributed by atoms with Crippen molar-refractivity contribution in [2.24, 2.45) is 0 Å². The van der Waals surface area contributed by atoms with E-state index >= 15 is 0 Å². The highest BCUT2D eigenvalue weighted by Gasteiger charge is 2.29. The van der Waals surface area contributed by atoms with E-state index < -0.39 is 45.1 Å². The molecule has 112 valence electrons. The quantitative estimate of drug-likeness (QED) is 0.263. The summed E-state index contributed by atoms with van der Waals surface area (Å²) in [6, 6.07) is 8.23. The summed E-state index contributed by atoms with van der Waals surface area (Å²) in [6.45, 7) is 0. The molecule has 0 spiro atoms. The van der Waals surface area contributed by atoms with Gasteiger partial charge in [0.2, 0.25) is 17.2 Å². The maximum atomic E-state index is 10.0. The van der Waals surface area contributed by atoms with Crippen LogP contribution in [0.2, 0.25) is 0 Å². The number of phenols is 4. The standard InChI is InChI=1S/C15H10O7/c16-8-7-9(17)12(20)14(6-4-2-1-3-5-6)22-15(7)13(21)11(19)10(8)18/h1-5,16,18-21H/p+1. The smallest absolute Gasteiger partial charge is 0.400 e. The van der Waals surface area contributed by atoms with Crippen LogP contribution < -0.4 is 5.43 Å². The van der Waals surface area contributed by atoms with Crippen molar-refractivity contribution in [1.82, 2.24) is 0 Å². The molecule has 0 aliphatic rings. The summed E-state index contributed by atoms with van der Waals surface area (Å²) >= 11 is 0. The van der Waals surface area contributed by atoms with Crippen LogP contribution >= 0.6 is 0 Å². The predicted octanol–water partition coefficient (Wildman–Crippen LogP) is 1.63. The van der Waals surface area contributed by atoms with Gasteiger partial charge in [0.25, 0.3) is 5.75 Å². The van der Waals surface area contributed by atoms with Gasteiger partial charge in [0.15, 0.2) is 22.5 Å². The Labute approximate surface area is 122 Å². The van der Waals surface area contributed by atoms with Crippen molar-refractivity contribution in [3.05, 3.63) is 35.8 Å². The summed E-state index contributed by atoms with van der Waals surface area (Å²) in [4.78, 5) is 10.0. The molecule has 0 saturated carbocycles. The molecule has 7 heteroatoms. The van der Waals surface area contributed by atoms with Gasteiger partial charge >= 0.3 is 5.43 Å². The van der Waals surface area contributed by atoms with E-state index in [9.17, 15) is 30.3 Å². The minimum absolute atomic E-state index is 0.176. The maximum absolute atomic E-state index is 10.0. The van der Waals surface area contributed by atoms with Crippen LogP contribution in [-0.4, -0.2) is 30.3 Å². The maximum Gasteiger partial charge on any atom is 0.400 e. The largest absolute Gasteiger partial charge is 0.503 e. The number of hydrogen-bond acceptors (Lipinski definition) is 6. The van der Waals surface area contributed by atoms with Gasteiger partial charge < -0.3 is 29.9 Å². The number of rotatable bonds is 1. The second kappa shape index (κ2) is 4.59. The monoisotopic (exact) mass is 303 g/mol. The molecular formula is C15H11O7+. The van der Waals surface area contributed by atoms with Crippen molar-refractivity contribution in [3.8, 4) is 40.1 Å². The van der Waals surface area contributed by atoms with Crippen molar-refractivity contribution < 1.29 is 34.7 Å². The van der Waals surface area contributed by atoms with E-state index in [2.05, 4.69) is 0 Å². The Bertz CT molecular complexity index is 942. The summed E-state index contributed by atoms with van der Waals surface area (Å²) in [5.41, 5.74) is -0.895. The molecule has 0 bridgehead atoms. The zero-order valence-electron chi connectivity index (χ0n) is 11.0. The van der Waals surface area contributed by atoms with Crippen molar-refractivity contribution in [2.45, 2.75) is 0 Å². The molecule has 2 aromatic carbocycles. The molecule has 0 atom stereocenters. The van der Waals surface area contributed by atoms with Crippen molar-refractivity contribution in [2.75, 3.05) is 0 Å². The first-order chi connectivity index (χ1) is 10.4. The predicted molar refractivity (Wildman–Crippen MR) is 75.0 cm³/mol. The van der Waals surface area contributed by atoms with Gasteiger partial charge in [-0.2, -0.15) is 0 Å². The lowest BCUT2D eigenvalue weighted by molar-refractivity contribution is 0.344. The van der Waals surface area contributed by atoms with Crippen LogP contribution in [0.3, 0.4) is 0 Å². The molecule has 0 radical (unpaired) electrons. The fourth-order valence-corrected chi connectivity index (χ4v) is 2.16. The fraction of sp³-hybridized carbons (Fsp3) is 0. The van der Waals surface area contributed by atoms with Crippen molar-refractivity contribution >= 4 is 11.0 Å². The normalized spacial score (nSPS) is 10.9. The molecular weight excluding hydrogens is 292 g/mol. The number of hydrogen-bond donors (Lipinski definition) is 5. The second-order valence-corrected chi connectivity index (χ2v) is 4.59. The van der Waals surface area contributed by atoms with Gasteiger partial charge in [0.05, 0.1) is 0 Å². The molecule has 0 aliphatic heterocycles.